The lowest BCUT2D eigenvalue weighted by Gasteiger charge is -2.04. The molecule has 1 N–H and O–H groups in total. The Morgan fingerprint density at radius 3 is 2.76 bits per heavy atom. The number of aromatic carboxylic acids is 1. The smallest absolute Gasteiger partial charge is 0.338 e. The van der Waals surface area contributed by atoms with Crippen molar-refractivity contribution < 1.29 is 9.90 Å². The van der Waals surface area contributed by atoms with Gasteiger partial charge < -0.3 is 5.11 Å². The minimum Gasteiger partial charge on any atom is -0.478 e. The van der Waals surface area contributed by atoms with Crippen molar-refractivity contribution in [2.75, 3.05) is 0 Å². The number of hydrogen-bond donors (Lipinski definition) is 1. The van der Waals surface area contributed by atoms with E-state index in [-0.39, 0.29) is 5.56 Å². The van der Waals surface area contributed by atoms with E-state index in [1.807, 2.05) is 0 Å². The summed E-state index contributed by atoms with van der Waals surface area (Å²) in [4.78, 5) is 10.7. The van der Waals surface area contributed by atoms with Gasteiger partial charge in [0.15, 0.2) is 0 Å². The van der Waals surface area contributed by atoms with Crippen LogP contribution in [-0.2, 0) is 6.54 Å². The average Bonchev–Trinajstić information content (AvgIpc) is 2.71. The Morgan fingerprint density at radius 1 is 1.41 bits per heavy atom. The summed E-state index contributed by atoms with van der Waals surface area (Å²) in [5.74, 6) is -1.00. The topological polar surface area (TPSA) is 55.1 Å². The first-order chi connectivity index (χ1) is 8.06. The molecule has 4 nitrogen and oxygen atoms in total. The summed E-state index contributed by atoms with van der Waals surface area (Å²) < 4.78 is 1.51. The lowest BCUT2D eigenvalue weighted by Crippen LogP contribution is -2.01. The quantitative estimate of drug-likeness (QED) is 0.933. The second kappa shape index (κ2) is 4.77. The number of rotatable bonds is 3. The summed E-state index contributed by atoms with van der Waals surface area (Å²) in [6, 6.07) is 5.15. The standard InChI is InChI=1S/C11H8Cl2N2O2/c12-9-2-1-7(10(13)3-9)5-15-6-8(4-14-15)11(16)17/h1-4,6H,5H2,(H,16,17). The van der Waals surface area contributed by atoms with Crippen LogP contribution in [0.25, 0.3) is 0 Å². The van der Waals surface area contributed by atoms with Crippen molar-refractivity contribution in [1.82, 2.24) is 9.78 Å². The summed E-state index contributed by atoms with van der Waals surface area (Å²) in [6.07, 6.45) is 2.75. The lowest BCUT2D eigenvalue weighted by molar-refractivity contribution is 0.0697. The van der Waals surface area contributed by atoms with E-state index >= 15 is 0 Å². The average molecular weight is 271 g/mol. The van der Waals surface area contributed by atoms with Crippen molar-refractivity contribution in [3.63, 3.8) is 0 Å². The zero-order valence-electron chi connectivity index (χ0n) is 8.60. The van der Waals surface area contributed by atoms with Crippen LogP contribution < -0.4 is 0 Å². The predicted octanol–water partition coefficient (Wildman–Crippen LogP) is 2.94. The number of nitrogens with zero attached hydrogens (tertiary/aromatic N) is 2. The van der Waals surface area contributed by atoms with E-state index in [1.165, 1.54) is 17.1 Å². The Balaban J connectivity index is 2.22. The number of carbonyl (C=O) groups is 1. The van der Waals surface area contributed by atoms with Crippen molar-refractivity contribution >= 4 is 29.2 Å². The molecule has 17 heavy (non-hydrogen) atoms. The highest BCUT2D eigenvalue weighted by atomic mass is 35.5. The van der Waals surface area contributed by atoms with Gasteiger partial charge in [0.05, 0.1) is 18.3 Å². The maximum absolute atomic E-state index is 10.7. The van der Waals surface area contributed by atoms with Crippen molar-refractivity contribution in [3.8, 4) is 0 Å². The highest BCUT2D eigenvalue weighted by Crippen LogP contribution is 2.21. The molecule has 1 heterocycles. The Hall–Kier alpha value is -1.52. The zero-order valence-corrected chi connectivity index (χ0v) is 10.1. The van der Waals surface area contributed by atoms with E-state index < -0.39 is 5.97 Å². The fourth-order valence-electron chi connectivity index (χ4n) is 1.38. The van der Waals surface area contributed by atoms with Gasteiger partial charge in [-0.2, -0.15) is 5.10 Å². The Kier molecular flexibility index (Phi) is 3.36. The third kappa shape index (κ3) is 2.78. The Morgan fingerprint density at radius 2 is 2.18 bits per heavy atom. The fourth-order valence-corrected chi connectivity index (χ4v) is 1.85. The Bertz CT molecular complexity index is 566. The van der Waals surface area contributed by atoms with Crippen molar-refractivity contribution in [2.45, 2.75) is 6.54 Å². The van der Waals surface area contributed by atoms with Gasteiger partial charge in [-0.05, 0) is 17.7 Å². The summed E-state index contributed by atoms with van der Waals surface area (Å²) in [5, 5.41) is 13.8. The van der Waals surface area contributed by atoms with Gasteiger partial charge in [0, 0.05) is 16.2 Å². The van der Waals surface area contributed by atoms with Crippen molar-refractivity contribution in [3.05, 3.63) is 51.8 Å². The predicted molar refractivity (Wildman–Crippen MR) is 64.8 cm³/mol. The summed E-state index contributed by atoms with van der Waals surface area (Å²) >= 11 is 11.8. The summed E-state index contributed by atoms with van der Waals surface area (Å²) in [6.45, 7) is 0.406. The molecule has 0 aliphatic carbocycles. The fraction of sp³-hybridized carbons (Fsp3) is 0.0909. The molecular weight excluding hydrogens is 263 g/mol. The molecule has 0 saturated heterocycles. The third-order valence-electron chi connectivity index (χ3n) is 2.23. The van der Waals surface area contributed by atoms with E-state index in [4.69, 9.17) is 28.3 Å². The number of carboxylic acids is 1. The van der Waals surface area contributed by atoms with Crippen LogP contribution in [0.5, 0.6) is 0 Å². The largest absolute Gasteiger partial charge is 0.478 e. The molecule has 1 aromatic carbocycles. The molecule has 0 saturated carbocycles. The van der Waals surface area contributed by atoms with E-state index in [2.05, 4.69) is 5.10 Å². The molecule has 1 aromatic heterocycles. The normalized spacial score (nSPS) is 10.5. The monoisotopic (exact) mass is 270 g/mol. The van der Waals surface area contributed by atoms with Gasteiger partial charge >= 0.3 is 5.97 Å². The first kappa shape index (κ1) is 12.0. The van der Waals surface area contributed by atoms with Crippen LogP contribution >= 0.6 is 23.2 Å². The highest BCUT2D eigenvalue weighted by Gasteiger charge is 2.07. The van der Waals surface area contributed by atoms with Crippen LogP contribution in [0.15, 0.2) is 30.6 Å². The van der Waals surface area contributed by atoms with E-state index in [9.17, 15) is 4.79 Å². The maximum Gasteiger partial charge on any atom is 0.338 e. The Labute approximate surface area is 107 Å². The molecule has 0 radical (unpaired) electrons. The molecule has 6 heteroatoms. The summed E-state index contributed by atoms with van der Waals surface area (Å²) in [5.41, 5.74) is 0.978. The molecule has 0 bridgehead atoms. The van der Waals surface area contributed by atoms with Crippen LogP contribution in [-0.4, -0.2) is 20.9 Å². The second-order valence-electron chi connectivity index (χ2n) is 3.47. The molecule has 0 aliphatic rings. The van der Waals surface area contributed by atoms with Crippen LogP contribution in [0.3, 0.4) is 0 Å². The van der Waals surface area contributed by atoms with E-state index in [0.29, 0.717) is 16.6 Å². The van der Waals surface area contributed by atoms with Crippen LogP contribution in [0.4, 0.5) is 0 Å². The molecule has 0 aliphatic heterocycles. The van der Waals surface area contributed by atoms with Gasteiger partial charge in [0.25, 0.3) is 0 Å². The number of hydrogen-bond acceptors (Lipinski definition) is 2. The second-order valence-corrected chi connectivity index (χ2v) is 4.31. The lowest BCUT2D eigenvalue weighted by atomic mass is 10.2. The molecule has 2 rings (SSSR count). The molecule has 88 valence electrons. The van der Waals surface area contributed by atoms with Crippen LogP contribution in [0.2, 0.25) is 10.0 Å². The van der Waals surface area contributed by atoms with Crippen molar-refractivity contribution in [2.24, 2.45) is 0 Å². The molecule has 0 unspecified atom stereocenters. The first-order valence-corrected chi connectivity index (χ1v) is 5.51. The molecule has 0 spiro atoms. The molecule has 0 fully saturated rings. The molecule has 2 aromatic rings. The molecule has 0 atom stereocenters. The van der Waals surface area contributed by atoms with Gasteiger partial charge in [-0.1, -0.05) is 29.3 Å². The number of carboxylic acid groups (broad SMARTS) is 1. The number of benzene rings is 1. The number of aromatic nitrogens is 2. The van der Waals surface area contributed by atoms with Crippen molar-refractivity contribution in [1.29, 1.82) is 0 Å². The van der Waals surface area contributed by atoms with Gasteiger partial charge in [0.2, 0.25) is 0 Å². The minimum atomic E-state index is -1.00. The van der Waals surface area contributed by atoms with Gasteiger partial charge in [0.1, 0.15) is 0 Å². The minimum absolute atomic E-state index is 0.148. The van der Waals surface area contributed by atoms with E-state index in [1.54, 1.807) is 18.2 Å². The van der Waals surface area contributed by atoms with Crippen LogP contribution in [0.1, 0.15) is 15.9 Å². The van der Waals surface area contributed by atoms with E-state index in [0.717, 1.165) is 5.56 Å². The SMILES string of the molecule is O=C(O)c1cnn(Cc2ccc(Cl)cc2Cl)c1. The number of halogens is 2. The first-order valence-electron chi connectivity index (χ1n) is 4.76. The van der Waals surface area contributed by atoms with Gasteiger partial charge in [-0.25, -0.2) is 4.79 Å². The highest BCUT2D eigenvalue weighted by molar-refractivity contribution is 6.35. The van der Waals surface area contributed by atoms with Gasteiger partial charge in [-0.15, -0.1) is 0 Å². The van der Waals surface area contributed by atoms with Crippen LogP contribution in [0, 0.1) is 0 Å². The van der Waals surface area contributed by atoms with Gasteiger partial charge in [-0.3, -0.25) is 4.68 Å². The molecular formula is C11H8Cl2N2O2. The maximum atomic E-state index is 10.7. The summed E-state index contributed by atoms with van der Waals surface area (Å²) in [7, 11) is 0. The third-order valence-corrected chi connectivity index (χ3v) is 2.81. The molecule has 0 amide bonds. The zero-order chi connectivity index (χ0) is 12.4.